The maximum Gasteiger partial charge on any atom is 0.336 e. The molecule has 0 aliphatic carbocycles. The number of nitrogens with zero attached hydrogens (tertiary/aromatic N) is 1. The van der Waals surface area contributed by atoms with E-state index in [-0.39, 0.29) is 17.9 Å². The van der Waals surface area contributed by atoms with Crippen LogP contribution in [0.15, 0.2) is 60.7 Å². The van der Waals surface area contributed by atoms with Gasteiger partial charge in [0.15, 0.2) is 5.54 Å². The topological polar surface area (TPSA) is 46.6 Å². The molecular formula is C20H20ClNO3. The maximum atomic E-state index is 13.1. The highest BCUT2D eigenvalue weighted by atomic mass is 35.5. The number of rotatable bonds is 4. The minimum Gasteiger partial charge on any atom is -0.464 e. The van der Waals surface area contributed by atoms with Crippen molar-refractivity contribution in [3.05, 3.63) is 71.8 Å². The molecular weight excluding hydrogens is 338 g/mol. The van der Waals surface area contributed by atoms with Crippen LogP contribution in [-0.2, 0) is 15.1 Å². The van der Waals surface area contributed by atoms with Crippen molar-refractivity contribution in [3.63, 3.8) is 0 Å². The lowest BCUT2D eigenvalue weighted by molar-refractivity contribution is -0.155. The molecule has 1 heterocycles. The van der Waals surface area contributed by atoms with Gasteiger partial charge in [-0.1, -0.05) is 48.5 Å². The van der Waals surface area contributed by atoms with Gasteiger partial charge in [0.2, 0.25) is 0 Å². The Morgan fingerprint density at radius 2 is 1.72 bits per heavy atom. The quantitative estimate of drug-likeness (QED) is 0.620. The summed E-state index contributed by atoms with van der Waals surface area (Å²) in [5, 5.41) is -0.322. The van der Waals surface area contributed by atoms with Crippen LogP contribution >= 0.6 is 11.6 Å². The molecule has 130 valence electrons. The zero-order valence-electron chi connectivity index (χ0n) is 14.0. The van der Waals surface area contributed by atoms with Crippen LogP contribution in [-0.4, -0.2) is 35.3 Å². The number of hydrogen-bond donors (Lipinski definition) is 0. The number of ether oxygens (including phenoxy) is 1. The van der Waals surface area contributed by atoms with Crippen molar-refractivity contribution in [2.75, 3.05) is 13.2 Å². The second kappa shape index (κ2) is 7.28. The summed E-state index contributed by atoms with van der Waals surface area (Å²) in [7, 11) is 0. The number of alkyl halides is 1. The summed E-state index contributed by atoms with van der Waals surface area (Å²) in [6.45, 7) is 2.30. The summed E-state index contributed by atoms with van der Waals surface area (Å²) in [4.78, 5) is 27.7. The third-order valence-corrected chi connectivity index (χ3v) is 4.78. The normalized spacial score (nSPS) is 22.6. The molecule has 1 fully saturated rings. The van der Waals surface area contributed by atoms with Gasteiger partial charge in [0, 0.05) is 18.5 Å². The Morgan fingerprint density at radius 1 is 1.12 bits per heavy atom. The van der Waals surface area contributed by atoms with Gasteiger partial charge in [-0.2, -0.15) is 0 Å². The number of esters is 1. The predicted molar refractivity (Wildman–Crippen MR) is 96.5 cm³/mol. The molecule has 0 spiro atoms. The number of benzene rings is 2. The third-order valence-electron chi connectivity index (χ3n) is 4.49. The fourth-order valence-corrected chi connectivity index (χ4v) is 3.75. The number of carbonyl (C=O) groups excluding carboxylic acids is 2. The van der Waals surface area contributed by atoms with Gasteiger partial charge in [-0.05, 0) is 24.6 Å². The van der Waals surface area contributed by atoms with Crippen LogP contribution in [0.5, 0.6) is 0 Å². The number of hydrogen-bond acceptors (Lipinski definition) is 3. The van der Waals surface area contributed by atoms with Crippen LogP contribution < -0.4 is 0 Å². The summed E-state index contributed by atoms with van der Waals surface area (Å²) in [5.74, 6) is -0.658. The van der Waals surface area contributed by atoms with E-state index in [0.717, 1.165) is 5.56 Å². The van der Waals surface area contributed by atoms with Gasteiger partial charge in [-0.3, -0.25) is 4.79 Å². The lowest BCUT2D eigenvalue weighted by atomic mass is 9.86. The summed E-state index contributed by atoms with van der Waals surface area (Å²) in [5.41, 5.74) is 0.0510. The van der Waals surface area contributed by atoms with E-state index in [1.54, 1.807) is 36.1 Å². The Labute approximate surface area is 152 Å². The Hall–Kier alpha value is -2.33. The van der Waals surface area contributed by atoms with Crippen molar-refractivity contribution in [2.24, 2.45) is 0 Å². The molecule has 1 aliphatic heterocycles. The molecule has 0 bridgehead atoms. The monoisotopic (exact) mass is 357 g/mol. The molecule has 2 aromatic rings. The first-order chi connectivity index (χ1) is 12.1. The smallest absolute Gasteiger partial charge is 0.336 e. The van der Waals surface area contributed by atoms with Crippen molar-refractivity contribution in [3.8, 4) is 0 Å². The van der Waals surface area contributed by atoms with Crippen LogP contribution in [0.3, 0.4) is 0 Å². The largest absolute Gasteiger partial charge is 0.464 e. The van der Waals surface area contributed by atoms with E-state index in [0.29, 0.717) is 18.5 Å². The molecule has 4 nitrogen and oxygen atoms in total. The Kier molecular flexibility index (Phi) is 5.09. The number of halogens is 1. The fourth-order valence-electron chi connectivity index (χ4n) is 3.39. The van der Waals surface area contributed by atoms with Crippen LogP contribution in [0.2, 0.25) is 0 Å². The van der Waals surface area contributed by atoms with E-state index in [9.17, 15) is 9.59 Å². The van der Waals surface area contributed by atoms with Gasteiger partial charge >= 0.3 is 5.97 Å². The van der Waals surface area contributed by atoms with Gasteiger partial charge in [-0.15, -0.1) is 11.6 Å². The second-order valence-corrected chi connectivity index (χ2v) is 6.65. The van der Waals surface area contributed by atoms with E-state index < -0.39 is 11.5 Å². The maximum absolute atomic E-state index is 13.1. The highest BCUT2D eigenvalue weighted by Gasteiger charge is 2.55. The van der Waals surface area contributed by atoms with E-state index in [1.165, 1.54) is 0 Å². The molecule has 0 aromatic heterocycles. The molecule has 5 heteroatoms. The zero-order chi connectivity index (χ0) is 17.9. The van der Waals surface area contributed by atoms with Crippen LogP contribution in [0, 0.1) is 0 Å². The molecule has 0 unspecified atom stereocenters. The standard InChI is InChI=1S/C20H20ClNO3/c1-2-25-19(24)20(16-11-7-4-8-12-16)13-17(21)14-22(20)18(23)15-9-5-3-6-10-15/h3-12,17H,2,13-14H2,1H3/t17-,20-/m1/s1. The molecule has 0 radical (unpaired) electrons. The number of amides is 1. The fraction of sp³-hybridized carbons (Fsp3) is 0.300. The number of carbonyl (C=O) groups is 2. The summed E-state index contributed by atoms with van der Waals surface area (Å²) in [6, 6.07) is 18.2. The van der Waals surface area contributed by atoms with E-state index >= 15 is 0 Å². The van der Waals surface area contributed by atoms with Gasteiger partial charge in [0.05, 0.1) is 12.0 Å². The van der Waals surface area contributed by atoms with Crippen molar-refractivity contribution in [1.29, 1.82) is 0 Å². The molecule has 2 atom stereocenters. The Balaban J connectivity index is 2.11. The Bertz CT molecular complexity index is 750. The van der Waals surface area contributed by atoms with Gasteiger partial charge < -0.3 is 9.64 Å². The first kappa shape index (κ1) is 17.5. The van der Waals surface area contributed by atoms with Gasteiger partial charge in [0.25, 0.3) is 5.91 Å². The molecule has 1 aliphatic rings. The molecule has 1 amide bonds. The summed E-state index contributed by atoms with van der Waals surface area (Å²) >= 11 is 6.42. The molecule has 25 heavy (non-hydrogen) atoms. The third kappa shape index (κ3) is 3.14. The lowest BCUT2D eigenvalue weighted by Gasteiger charge is -2.36. The zero-order valence-corrected chi connectivity index (χ0v) is 14.8. The highest BCUT2D eigenvalue weighted by molar-refractivity contribution is 6.21. The van der Waals surface area contributed by atoms with Crippen LogP contribution in [0.4, 0.5) is 0 Å². The van der Waals surface area contributed by atoms with Gasteiger partial charge in [0.1, 0.15) is 0 Å². The van der Waals surface area contributed by atoms with E-state index in [2.05, 4.69) is 0 Å². The predicted octanol–water partition coefficient (Wildman–Crippen LogP) is 3.60. The van der Waals surface area contributed by atoms with Crippen LogP contribution in [0.25, 0.3) is 0 Å². The Morgan fingerprint density at radius 3 is 2.32 bits per heavy atom. The van der Waals surface area contributed by atoms with E-state index in [4.69, 9.17) is 16.3 Å². The summed E-state index contributed by atoms with van der Waals surface area (Å²) < 4.78 is 5.36. The van der Waals surface area contributed by atoms with Crippen molar-refractivity contribution in [1.82, 2.24) is 4.90 Å². The average Bonchev–Trinajstić information content (AvgIpc) is 3.01. The van der Waals surface area contributed by atoms with E-state index in [1.807, 2.05) is 36.4 Å². The van der Waals surface area contributed by atoms with Crippen molar-refractivity contribution < 1.29 is 14.3 Å². The molecule has 0 saturated carbocycles. The van der Waals surface area contributed by atoms with Gasteiger partial charge in [-0.25, -0.2) is 4.79 Å². The van der Waals surface area contributed by atoms with Crippen molar-refractivity contribution in [2.45, 2.75) is 24.3 Å². The average molecular weight is 358 g/mol. The highest BCUT2D eigenvalue weighted by Crippen LogP contribution is 2.42. The first-order valence-corrected chi connectivity index (χ1v) is 8.77. The first-order valence-electron chi connectivity index (χ1n) is 8.33. The number of likely N-dealkylation sites (tertiary alicyclic amines) is 1. The minimum absolute atomic E-state index is 0.222. The molecule has 0 N–H and O–H groups in total. The molecule has 2 aromatic carbocycles. The minimum atomic E-state index is -1.20. The summed E-state index contributed by atoms with van der Waals surface area (Å²) in [6.07, 6.45) is 0.329. The second-order valence-electron chi connectivity index (χ2n) is 6.03. The van der Waals surface area contributed by atoms with Crippen molar-refractivity contribution >= 4 is 23.5 Å². The molecule has 1 saturated heterocycles. The van der Waals surface area contributed by atoms with Crippen LogP contribution in [0.1, 0.15) is 29.3 Å². The lowest BCUT2D eigenvalue weighted by Crippen LogP contribution is -2.51. The molecule has 3 rings (SSSR count). The SMILES string of the molecule is CCOC(=O)[C@]1(c2ccccc2)C[C@@H](Cl)CN1C(=O)c1ccccc1.